The fourth-order valence-corrected chi connectivity index (χ4v) is 2.45. The fraction of sp³-hybridized carbons (Fsp3) is 0.500. The van der Waals surface area contributed by atoms with Crippen LogP contribution >= 0.6 is 11.8 Å². The summed E-state index contributed by atoms with van der Waals surface area (Å²) in [5.41, 5.74) is 0.125. The standard InChI is InChI=1S/C12H18N2O3S/c1-3-13-10(8-17-2)9-18-12-6-4-11(5-7-12)14(15)16/h4-7,10,13H,3,8-9H2,1-2H3. The van der Waals surface area contributed by atoms with Crippen LogP contribution in [-0.2, 0) is 4.74 Å². The van der Waals surface area contributed by atoms with E-state index in [4.69, 9.17) is 4.74 Å². The number of nitro groups is 1. The number of methoxy groups -OCH3 is 1. The molecule has 0 aromatic heterocycles. The Balaban J connectivity index is 2.48. The van der Waals surface area contributed by atoms with Crippen molar-refractivity contribution in [1.82, 2.24) is 5.32 Å². The molecule has 0 spiro atoms. The number of hydrogen-bond donors (Lipinski definition) is 1. The normalized spacial score (nSPS) is 12.3. The number of benzene rings is 1. The number of thioether (sulfide) groups is 1. The number of likely N-dealkylation sites (N-methyl/N-ethyl adjacent to an activating group) is 1. The lowest BCUT2D eigenvalue weighted by Crippen LogP contribution is -2.35. The van der Waals surface area contributed by atoms with E-state index in [1.54, 1.807) is 31.0 Å². The maximum Gasteiger partial charge on any atom is 0.269 e. The summed E-state index contributed by atoms with van der Waals surface area (Å²) in [7, 11) is 1.68. The molecule has 18 heavy (non-hydrogen) atoms. The van der Waals surface area contributed by atoms with E-state index >= 15 is 0 Å². The molecule has 0 aliphatic carbocycles. The number of nitrogens with zero attached hydrogens (tertiary/aromatic N) is 1. The first-order chi connectivity index (χ1) is 8.67. The maximum absolute atomic E-state index is 10.5. The number of nitrogens with one attached hydrogen (secondary N) is 1. The van der Waals surface area contributed by atoms with Gasteiger partial charge < -0.3 is 10.1 Å². The van der Waals surface area contributed by atoms with Crippen LogP contribution < -0.4 is 5.32 Å². The minimum atomic E-state index is -0.388. The zero-order valence-corrected chi connectivity index (χ0v) is 11.4. The van der Waals surface area contributed by atoms with Gasteiger partial charge in [0.1, 0.15) is 0 Å². The highest BCUT2D eigenvalue weighted by Gasteiger charge is 2.08. The zero-order chi connectivity index (χ0) is 13.4. The largest absolute Gasteiger partial charge is 0.383 e. The Morgan fingerprint density at radius 2 is 2.11 bits per heavy atom. The van der Waals surface area contributed by atoms with Crippen molar-refractivity contribution in [2.75, 3.05) is 26.0 Å². The first-order valence-electron chi connectivity index (χ1n) is 5.77. The Hall–Kier alpha value is -1.11. The summed E-state index contributed by atoms with van der Waals surface area (Å²) in [6.45, 7) is 3.61. The number of hydrogen-bond acceptors (Lipinski definition) is 5. The molecule has 6 heteroatoms. The van der Waals surface area contributed by atoms with Crippen molar-refractivity contribution in [2.24, 2.45) is 0 Å². The molecule has 0 bridgehead atoms. The molecule has 0 aliphatic heterocycles. The SMILES string of the molecule is CCNC(COC)CSc1ccc([N+](=O)[O-])cc1. The van der Waals surface area contributed by atoms with E-state index < -0.39 is 0 Å². The second kappa shape index (κ2) is 8.07. The molecule has 0 aliphatic rings. The van der Waals surface area contributed by atoms with Gasteiger partial charge >= 0.3 is 0 Å². The number of ether oxygens (including phenoxy) is 1. The van der Waals surface area contributed by atoms with Crippen LogP contribution in [0.15, 0.2) is 29.2 Å². The van der Waals surface area contributed by atoms with Crippen molar-refractivity contribution in [3.05, 3.63) is 34.4 Å². The molecule has 0 heterocycles. The van der Waals surface area contributed by atoms with E-state index in [1.807, 2.05) is 0 Å². The summed E-state index contributed by atoms with van der Waals surface area (Å²) in [5, 5.41) is 13.9. The van der Waals surface area contributed by atoms with Crippen LogP contribution in [0.25, 0.3) is 0 Å². The lowest BCUT2D eigenvalue weighted by atomic mass is 10.3. The highest BCUT2D eigenvalue weighted by Crippen LogP contribution is 2.21. The highest BCUT2D eigenvalue weighted by atomic mass is 32.2. The van der Waals surface area contributed by atoms with Gasteiger partial charge in [0.05, 0.1) is 11.5 Å². The molecule has 0 amide bonds. The first-order valence-corrected chi connectivity index (χ1v) is 6.75. The third kappa shape index (κ3) is 5.03. The first kappa shape index (κ1) is 14.9. The van der Waals surface area contributed by atoms with Gasteiger partial charge in [0.25, 0.3) is 5.69 Å². The molecule has 0 saturated carbocycles. The molecule has 100 valence electrons. The average molecular weight is 270 g/mol. The molecule has 1 rings (SSSR count). The Kier molecular flexibility index (Phi) is 6.70. The molecule has 1 atom stereocenters. The number of nitro benzene ring substituents is 1. The predicted octanol–water partition coefficient (Wildman–Crippen LogP) is 2.31. The van der Waals surface area contributed by atoms with Crippen LogP contribution in [-0.4, -0.2) is 37.0 Å². The van der Waals surface area contributed by atoms with Crippen molar-refractivity contribution in [2.45, 2.75) is 17.9 Å². The van der Waals surface area contributed by atoms with Gasteiger partial charge in [-0.25, -0.2) is 0 Å². The van der Waals surface area contributed by atoms with Crippen molar-refractivity contribution < 1.29 is 9.66 Å². The lowest BCUT2D eigenvalue weighted by Gasteiger charge is -2.16. The molecule has 0 fully saturated rings. The summed E-state index contributed by atoms with van der Waals surface area (Å²) >= 11 is 1.66. The van der Waals surface area contributed by atoms with E-state index in [1.165, 1.54) is 12.1 Å². The summed E-state index contributed by atoms with van der Waals surface area (Å²) in [6.07, 6.45) is 0. The Labute approximate surface area is 111 Å². The van der Waals surface area contributed by atoms with Crippen molar-refractivity contribution in [3.63, 3.8) is 0 Å². The van der Waals surface area contributed by atoms with Gasteiger partial charge in [-0.15, -0.1) is 11.8 Å². The van der Waals surface area contributed by atoms with Gasteiger partial charge in [0.2, 0.25) is 0 Å². The van der Waals surface area contributed by atoms with Gasteiger partial charge in [-0.05, 0) is 18.7 Å². The Bertz CT molecular complexity index is 364. The predicted molar refractivity (Wildman–Crippen MR) is 73.2 cm³/mol. The summed E-state index contributed by atoms with van der Waals surface area (Å²) in [4.78, 5) is 11.2. The molecule has 0 radical (unpaired) electrons. The van der Waals surface area contributed by atoms with Crippen LogP contribution in [0.5, 0.6) is 0 Å². The van der Waals surface area contributed by atoms with E-state index in [0.29, 0.717) is 12.6 Å². The summed E-state index contributed by atoms with van der Waals surface area (Å²) in [6, 6.07) is 6.90. The minimum Gasteiger partial charge on any atom is -0.383 e. The second-order valence-electron chi connectivity index (χ2n) is 3.77. The molecule has 5 nitrogen and oxygen atoms in total. The van der Waals surface area contributed by atoms with Gasteiger partial charge in [0, 0.05) is 35.9 Å². The average Bonchev–Trinajstić information content (AvgIpc) is 2.37. The molecule has 1 unspecified atom stereocenters. The van der Waals surface area contributed by atoms with Gasteiger partial charge in [0.15, 0.2) is 0 Å². The zero-order valence-electron chi connectivity index (χ0n) is 10.6. The number of rotatable bonds is 8. The molecular formula is C12H18N2O3S. The third-order valence-electron chi connectivity index (χ3n) is 2.36. The molecular weight excluding hydrogens is 252 g/mol. The fourth-order valence-electron chi connectivity index (χ4n) is 1.52. The minimum absolute atomic E-state index is 0.125. The summed E-state index contributed by atoms with van der Waals surface area (Å²) in [5.74, 6) is 0.874. The molecule has 1 aromatic carbocycles. The third-order valence-corrected chi connectivity index (χ3v) is 3.53. The van der Waals surface area contributed by atoms with Gasteiger partial charge in [-0.1, -0.05) is 6.92 Å². The van der Waals surface area contributed by atoms with Crippen LogP contribution in [0, 0.1) is 10.1 Å². The van der Waals surface area contributed by atoms with Crippen molar-refractivity contribution in [1.29, 1.82) is 0 Å². The second-order valence-corrected chi connectivity index (χ2v) is 4.87. The topological polar surface area (TPSA) is 64.4 Å². The molecule has 1 N–H and O–H groups in total. The Morgan fingerprint density at radius 1 is 1.44 bits per heavy atom. The van der Waals surface area contributed by atoms with Crippen LogP contribution in [0.4, 0.5) is 5.69 Å². The van der Waals surface area contributed by atoms with Crippen molar-refractivity contribution >= 4 is 17.4 Å². The monoisotopic (exact) mass is 270 g/mol. The Morgan fingerprint density at radius 3 is 2.61 bits per heavy atom. The van der Waals surface area contributed by atoms with Crippen LogP contribution in [0.1, 0.15) is 6.92 Å². The van der Waals surface area contributed by atoms with Gasteiger partial charge in [-0.2, -0.15) is 0 Å². The number of non-ortho nitro benzene ring substituents is 1. The van der Waals surface area contributed by atoms with Crippen LogP contribution in [0.3, 0.4) is 0 Å². The van der Waals surface area contributed by atoms with Gasteiger partial charge in [-0.3, -0.25) is 10.1 Å². The van der Waals surface area contributed by atoms with Crippen LogP contribution in [0.2, 0.25) is 0 Å². The van der Waals surface area contributed by atoms with E-state index in [-0.39, 0.29) is 10.6 Å². The smallest absolute Gasteiger partial charge is 0.269 e. The van der Waals surface area contributed by atoms with E-state index in [2.05, 4.69) is 12.2 Å². The highest BCUT2D eigenvalue weighted by molar-refractivity contribution is 7.99. The quantitative estimate of drug-likeness (QED) is 0.446. The van der Waals surface area contributed by atoms with E-state index in [9.17, 15) is 10.1 Å². The summed E-state index contributed by atoms with van der Waals surface area (Å²) < 4.78 is 5.13. The molecule has 0 saturated heterocycles. The molecule has 1 aromatic rings. The van der Waals surface area contributed by atoms with E-state index in [0.717, 1.165) is 17.2 Å². The maximum atomic E-state index is 10.5. The lowest BCUT2D eigenvalue weighted by molar-refractivity contribution is -0.384. The van der Waals surface area contributed by atoms with Crippen molar-refractivity contribution in [3.8, 4) is 0 Å².